The highest BCUT2D eigenvalue weighted by molar-refractivity contribution is 6.30. The maximum absolute atomic E-state index is 12.6. The Balaban J connectivity index is 2.93. The predicted molar refractivity (Wildman–Crippen MR) is 65.8 cm³/mol. The molecule has 0 saturated heterocycles. The van der Waals surface area contributed by atoms with Crippen molar-refractivity contribution in [1.82, 2.24) is 5.32 Å². The van der Waals surface area contributed by atoms with E-state index in [0.29, 0.717) is 10.6 Å². The molecule has 0 aromatic heterocycles. The number of amides is 1. The summed E-state index contributed by atoms with van der Waals surface area (Å²) in [5.74, 6) is -2.65. The molecule has 0 aliphatic heterocycles. The number of aryl methyl sites for hydroxylation is 1. The van der Waals surface area contributed by atoms with Gasteiger partial charge in [-0.15, -0.1) is 0 Å². The summed E-state index contributed by atoms with van der Waals surface area (Å²) in [5, 5.41) is 10.5. The molecular formula is C12H11ClF3NO3. The smallest absolute Gasteiger partial charge is 0.409 e. The molecule has 20 heavy (non-hydrogen) atoms. The van der Waals surface area contributed by atoms with Gasteiger partial charge < -0.3 is 10.4 Å². The Kier molecular flexibility index (Phi) is 4.99. The van der Waals surface area contributed by atoms with E-state index < -0.39 is 30.5 Å². The van der Waals surface area contributed by atoms with Gasteiger partial charge in [0.1, 0.15) is 6.04 Å². The molecule has 0 saturated carbocycles. The van der Waals surface area contributed by atoms with Crippen molar-refractivity contribution in [2.45, 2.75) is 25.6 Å². The number of rotatable bonds is 4. The van der Waals surface area contributed by atoms with Crippen molar-refractivity contribution >= 4 is 23.5 Å². The van der Waals surface area contributed by atoms with Crippen molar-refractivity contribution in [3.63, 3.8) is 0 Å². The van der Waals surface area contributed by atoms with E-state index in [2.05, 4.69) is 0 Å². The highest BCUT2D eigenvalue weighted by Gasteiger charge is 2.42. The van der Waals surface area contributed by atoms with Crippen LogP contribution in [0, 0.1) is 6.92 Å². The van der Waals surface area contributed by atoms with Crippen LogP contribution in [0.25, 0.3) is 0 Å². The van der Waals surface area contributed by atoms with E-state index in [0.717, 1.165) is 0 Å². The number of hydrogen-bond acceptors (Lipinski definition) is 2. The van der Waals surface area contributed by atoms with Crippen LogP contribution in [0.3, 0.4) is 0 Å². The van der Waals surface area contributed by atoms with Gasteiger partial charge in [0.2, 0.25) is 0 Å². The van der Waals surface area contributed by atoms with Gasteiger partial charge in [-0.3, -0.25) is 9.59 Å². The normalized spacial score (nSPS) is 12.8. The summed E-state index contributed by atoms with van der Waals surface area (Å²) < 4.78 is 37.9. The molecule has 110 valence electrons. The molecule has 1 rings (SSSR count). The second-order valence-electron chi connectivity index (χ2n) is 4.12. The molecule has 1 aromatic rings. The number of carboxylic acids is 1. The summed E-state index contributed by atoms with van der Waals surface area (Å²) in [4.78, 5) is 22.2. The molecule has 0 aliphatic rings. The first kappa shape index (κ1) is 16.3. The van der Waals surface area contributed by atoms with Crippen molar-refractivity contribution < 1.29 is 27.9 Å². The van der Waals surface area contributed by atoms with E-state index in [4.69, 9.17) is 16.7 Å². The zero-order valence-electron chi connectivity index (χ0n) is 10.3. The van der Waals surface area contributed by atoms with Crippen molar-refractivity contribution in [2.75, 3.05) is 0 Å². The van der Waals surface area contributed by atoms with Gasteiger partial charge >= 0.3 is 12.1 Å². The molecule has 0 bridgehead atoms. The lowest BCUT2D eigenvalue weighted by molar-refractivity contribution is -0.165. The first-order valence-corrected chi connectivity index (χ1v) is 5.84. The molecule has 0 radical (unpaired) electrons. The Labute approximate surface area is 117 Å². The third-order valence-corrected chi connectivity index (χ3v) is 2.75. The number of aliphatic carboxylic acids is 1. The Hall–Kier alpha value is -1.76. The molecule has 4 nitrogen and oxygen atoms in total. The minimum Gasteiger partial charge on any atom is -0.481 e. The predicted octanol–water partition coefficient (Wildman–Crippen LogP) is 2.78. The zero-order valence-corrected chi connectivity index (χ0v) is 11.0. The van der Waals surface area contributed by atoms with Crippen LogP contribution in [0.15, 0.2) is 18.2 Å². The third kappa shape index (κ3) is 4.41. The fourth-order valence-corrected chi connectivity index (χ4v) is 1.77. The molecule has 0 spiro atoms. The largest absolute Gasteiger partial charge is 0.481 e. The van der Waals surface area contributed by atoms with Gasteiger partial charge in [-0.05, 0) is 30.7 Å². The van der Waals surface area contributed by atoms with Crippen molar-refractivity contribution in [3.05, 3.63) is 34.3 Å². The molecular weight excluding hydrogens is 299 g/mol. The van der Waals surface area contributed by atoms with Crippen molar-refractivity contribution in [1.29, 1.82) is 0 Å². The van der Waals surface area contributed by atoms with Crippen LogP contribution in [0.2, 0.25) is 5.02 Å². The first-order valence-electron chi connectivity index (χ1n) is 5.46. The number of halogens is 4. The lowest BCUT2D eigenvalue weighted by Crippen LogP contribution is -2.46. The van der Waals surface area contributed by atoms with Crippen LogP contribution in [0.4, 0.5) is 13.2 Å². The second kappa shape index (κ2) is 6.13. The van der Waals surface area contributed by atoms with E-state index in [1.807, 2.05) is 0 Å². The monoisotopic (exact) mass is 309 g/mol. The summed E-state index contributed by atoms with van der Waals surface area (Å²) in [6, 6.07) is 1.63. The number of nitrogens with one attached hydrogen (secondary N) is 1. The van der Waals surface area contributed by atoms with E-state index in [1.54, 1.807) is 5.32 Å². The van der Waals surface area contributed by atoms with Gasteiger partial charge in [0.05, 0.1) is 6.42 Å². The number of alkyl halides is 3. The lowest BCUT2D eigenvalue weighted by atomic mass is 10.1. The van der Waals surface area contributed by atoms with E-state index >= 15 is 0 Å². The highest BCUT2D eigenvalue weighted by Crippen LogP contribution is 2.23. The van der Waals surface area contributed by atoms with Crippen molar-refractivity contribution in [3.8, 4) is 0 Å². The number of benzene rings is 1. The molecule has 8 heteroatoms. The minimum atomic E-state index is -4.84. The molecule has 1 unspecified atom stereocenters. The second-order valence-corrected chi connectivity index (χ2v) is 4.56. The maximum atomic E-state index is 12.6. The maximum Gasteiger partial charge on any atom is 0.409 e. The fraction of sp³-hybridized carbons (Fsp3) is 0.333. The fourth-order valence-electron chi connectivity index (χ4n) is 1.54. The Morgan fingerprint density at radius 1 is 1.40 bits per heavy atom. The summed E-state index contributed by atoms with van der Waals surface area (Å²) in [6.07, 6.45) is -6.07. The molecule has 0 aliphatic carbocycles. The van der Waals surface area contributed by atoms with Crippen LogP contribution in [-0.2, 0) is 4.79 Å². The Morgan fingerprint density at radius 3 is 2.45 bits per heavy atom. The number of hydrogen-bond donors (Lipinski definition) is 2. The van der Waals surface area contributed by atoms with Crippen LogP contribution >= 0.6 is 11.6 Å². The number of carboxylic acid groups (broad SMARTS) is 1. The average molecular weight is 310 g/mol. The molecule has 1 aromatic carbocycles. The SMILES string of the molecule is Cc1cc(Cl)ccc1C(=O)NC(CC(=O)O)C(F)(F)F. The van der Waals surface area contributed by atoms with Crippen LogP contribution in [-0.4, -0.2) is 29.2 Å². The van der Waals surface area contributed by atoms with Gasteiger partial charge in [0.25, 0.3) is 5.91 Å². The van der Waals surface area contributed by atoms with Gasteiger partial charge in [-0.25, -0.2) is 0 Å². The standard InChI is InChI=1S/C12H11ClF3NO3/c1-6-4-7(13)2-3-8(6)11(20)17-9(5-10(18)19)12(14,15)16/h2-4,9H,5H2,1H3,(H,17,20)(H,18,19). The Bertz CT molecular complexity index is 531. The lowest BCUT2D eigenvalue weighted by Gasteiger charge is -2.20. The molecule has 2 N–H and O–H groups in total. The van der Waals surface area contributed by atoms with Gasteiger partial charge in [-0.2, -0.15) is 13.2 Å². The van der Waals surface area contributed by atoms with Crippen LogP contribution in [0.1, 0.15) is 22.3 Å². The summed E-state index contributed by atoms with van der Waals surface area (Å²) in [6.45, 7) is 1.51. The van der Waals surface area contributed by atoms with E-state index in [1.165, 1.54) is 25.1 Å². The summed E-state index contributed by atoms with van der Waals surface area (Å²) >= 11 is 5.68. The van der Waals surface area contributed by atoms with Crippen LogP contribution < -0.4 is 5.32 Å². The Morgan fingerprint density at radius 2 is 2.00 bits per heavy atom. The van der Waals surface area contributed by atoms with Crippen molar-refractivity contribution in [2.24, 2.45) is 0 Å². The summed E-state index contributed by atoms with van der Waals surface area (Å²) in [5.41, 5.74) is 0.403. The van der Waals surface area contributed by atoms with Gasteiger partial charge in [-0.1, -0.05) is 11.6 Å². The number of carbonyl (C=O) groups is 2. The molecule has 1 amide bonds. The quantitative estimate of drug-likeness (QED) is 0.898. The number of carbonyl (C=O) groups excluding carboxylic acids is 1. The highest BCUT2D eigenvalue weighted by atomic mass is 35.5. The molecule has 1 atom stereocenters. The average Bonchev–Trinajstić information content (AvgIpc) is 2.25. The molecule has 0 fully saturated rings. The van der Waals surface area contributed by atoms with E-state index in [-0.39, 0.29) is 5.56 Å². The minimum absolute atomic E-state index is 0.00837. The zero-order chi connectivity index (χ0) is 15.5. The molecule has 0 heterocycles. The van der Waals surface area contributed by atoms with Gasteiger partial charge in [0.15, 0.2) is 0 Å². The van der Waals surface area contributed by atoms with E-state index in [9.17, 15) is 22.8 Å². The van der Waals surface area contributed by atoms with Gasteiger partial charge in [0, 0.05) is 10.6 Å². The van der Waals surface area contributed by atoms with Crippen LogP contribution in [0.5, 0.6) is 0 Å². The third-order valence-electron chi connectivity index (χ3n) is 2.51. The first-order chi connectivity index (χ1) is 9.11. The summed E-state index contributed by atoms with van der Waals surface area (Å²) in [7, 11) is 0. The topological polar surface area (TPSA) is 66.4 Å².